The van der Waals surface area contributed by atoms with Crippen molar-refractivity contribution in [3.63, 3.8) is 0 Å². The summed E-state index contributed by atoms with van der Waals surface area (Å²) in [5.74, 6) is -2.15. The molecule has 0 spiro atoms. The smallest absolute Gasteiger partial charge is 0.328 e. The Balaban J connectivity index is 4.05. The van der Waals surface area contributed by atoms with Crippen molar-refractivity contribution in [2.75, 3.05) is 65.9 Å². The van der Waals surface area contributed by atoms with E-state index >= 15 is 0 Å². The molecule has 0 aliphatic rings. The summed E-state index contributed by atoms with van der Waals surface area (Å²) in [5.41, 5.74) is 0. The van der Waals surface area contributed by atoms with Gasteiger partial charge in [0.15, 0.2) is 0 Å². The summed E-state index contributed by atoms with van der Waals surface area (Å²) in [4.78, 5) is 56.0. The van der Waals surface area contributed by atoms with E-state index in [-0.39, 0.29) is 46.2 Å². The number of carbonyl (C=O) groups is 2. The molecule has 13 nitrogen and oxygen atoms in total. The molecule has 13 heteroatoms. The highest BCUT2D eigenvalue weighted by molar-refractivity contribution is 5.79. The zero-order valence-corrected chi connectivity index (χ0v) is 17.0. The molecule has 178 valence electrons. The van der Waals surface area contributed by atoms with Crippen LogP contribution in [0.3, 0.4) is 0 Å². The van der Waals surface area contributed by atoms with Gasteiger partial charge in [-0.05, 0) is 12.2 Å². The lowest BCUT2D eigenvalue weighted by Crippen LogP contribution is -2.34. The lowest BCUT2D eigenvalue weighted by molar-refractivity contribution is -0.299. The molecule has 0 aliphatic carbocycles. The Morgan fingerprint density at radius 3 is 1.39 bits per heavy atom. The maximum absolute atomic E-state index is 10.3. The molecule has 0 aliphatic heterocycles. The van der Waals surface area contributed by atoms with Crippen LogP contribution in [0.5, 0.6) is 0 Å². The minimum absolute atomic E-state index is 0.00109. The minimum Gasteiger partial charge on any atom is -0.478 e. The number of carboxylic acids is 2. The Labute approximate surface area is 179 Å². The first-order valence-corrected chi connectivity index (χ1v) is 9.22. The lowest BCUT2D eigenvalue weighted by atomic mass is 10.4. The second-order valence-electron chi connectivity index (χ2n) is 5.41. The second kappa shape index (κ2) is 22.5. The van der Waals surface area contributed by atoms with Gasteiger partial charge in [0.25, 0.3) is 0 Å². The van der Waals surface area contributed by atoms with Gasteiger partial charge in [0, 0.05) is 31.8 Å². The van der Waals surface area contributed by atoms with Crippen molar-refractivity contribution in [2.45, 2.75) is 0 Å². The van der Waals surface area contributed by atoms with Crippen molar-refractivity contribution in [3.05, 3.63) is 36.5 Å². The van der Waals surface area contributed by atoms with Gasteiger partial charge in [-0.2, -0.15) is 0 Å². The van der Waals surface area contributed by atoms with Crippen LogP contribution in [0.2, 0.25) is 0 Å². The molecule has 3 N–H and O–H groups in total. The molecule has 0 saturated heterocycles. The summed E-state index contributed by atoms with van der Waals surface area (Å²) in [6.07, 6.45) is 7.67. The van der Waals surface area contributed by atoms with E-state index in [9.17, 15) is 9.59 Å². The molecular weight excluding hydrogens is 422 g/mol. The average molecular weight is 451 g/mol. The predicted octanol–water partition coefficient (Wildman–Crippen LogP) is 0.460. The van der Waals surface area contributed by atoms with Gasteiger partial charge in [-0.3, -0.25) is 10.2 Å². The topological polar surface area (TPSA) is 163 Å². The summed E-state index contributed by atoms with van der Waals surface area (Å²) in [6, 6.07) is 0. The lowest BCUT2D eigenvalue weighted by Gasteiger charge is -2.21. The highest BCUT2D eigenvalue weighted by Gasteiger charge is 2.06. The van der Waals surface area contributed by atoms with Gasteiger partial charge in [0.1, 0.15) is 26.4 Å². The third kappa shape index (κ3) is 23.9. The molecule has 0 fully saturated rings. The van der Waals surface area contributed by atoms with Crippen molar-refractivity contribution >= 4 is 11.9 Å². The largest absolute Gasteiger partial charge is 0.478 e. The first-order chi connectivity index (χ1) is 15.1. The molecule has 0 aromatic rings. The maximum atomic E-state index is 10.3. The average Bonchev–Trinajstić information content (AvgIpc) is 2.73. The first kappa shape index (κ1) is 28.8. The summed E-state index contributed by atoms with van der Waals surface area (Å²) in [6.45, 7) is 2.25. The third-order valence-electron chi connectivity index (χ3n) is 3.07. The van der Waals surface area contributed by atoms with Gasteiger partial charge in [-0.1, -0.05) is 12.2 Å². The molecule has 0 radical (unpaired) electrons. The molecule has 0 amide bonds. The Morgan fingerprint density at radius 2 is 1.00 bits per heavy atom. The van der Waals surface area contributed by atoms with Crippen molar-refractivity contribution in [1.29, 1.82) is 0 Å². The Kier molecular flexibility index (Phi) is 20.9. The molecule has 0 saturated carbocycles. The summed E-state index contributed by atoms with van der Waals surface area (Å²) >= 11 is 0. The normalized spacial score (nSPS) is 12.1. The van der Waals surface area contributed by atoms with Crippen molar-refractivity contribution in [2.24, 2.45) is 0 Å². The summed E-state index contributed by atoms with van der Waals surface area (Å²) in [5, 5.41) is 25.1. The van der Waals surface area contributed by atoms with E-state index in [1.165, 1.54) is 12.2 Å². The number of aliphatic carboxylic acids is 2. The maximum Gasteiger partial charge on any atom is 0.328 e. The van der Waals surface area contributed by atoms with Crippen LogP contribution in [0.25, 0.3) is 0 Å². The summed E-state index contributed by atoms with van der Waals surface area (Å²) in [7, 11) is 0. The molecule has 0 atom stereocenters. The van der Waals surface area contributed by atoms with Crippen LogP contribution in [0.15, 0.2) is 36.5 Å². The van der Waals surface area contributed by atoms with Crippen LogP contribution < -0.4 is 0 Å². The Bertz CT molecular complexity index is 504. The molecule has 31 heavy (non-hydrogen) atoms. The molecular formula is C18H29NO12. The molecule has 0 heterocycles. The molecule has 0 bridgehead atoms. The second-order valence-corrected chi connectivity index (χ2v) is 5.41. The van der Waals surface area contributed by atoms with Gasteiger partial charge < -0.3 is 10.2 Å². The zero-order valence-electron chi connectivity index (χ0n) is 17.0. The van der Waals surface area contributed by atoms with E-state index in [2.05, 4.69) is 4.89 Å². The van der Waals surface area contributed by atoms with Gasteiger partial charge in [-0.15, -0.1) is 0 Å². The Morgan fingerprint density at radius 1 is 0.613 bits per heavy atom. The molecule has 0 aromatic carbocycles. The minimum atomic E-state index is -1.07. The third-order valence-corrected chi connectivity index (χ3v) is 3.07. The van der Waals surface area contributed by atoms with Crippen LogP contribution in [0.1, 0.15) is 0 Å². The van der Waals surface area contributed by atoms with Crippen molar-refractivity contribution < 1.29 is 59.3 Å². The SMILES string of the molecule is O=C(O)C=CCOOCCN(CCOOCC=CCOO)CCOOCC=CC(=O)O. The van der Waals surface area contributed by atoms with E-state index < -0.39 is 11.9 Å². The van der Waals surface area contributed by atoms with E-state index in [0.29, 0.717) is 19.6 Å². The van der Waals surface area contributed by atoms with Crippen LogP contribution in [0.4, 0.5) is 0 Å². The van der Waals surface area contributed by atoms with E-state index in [1.54, 1.807) is 12.2 Å². The zero-order chi connectivity index (χ0) is 23.0. The number of carboxylic acid groups (broad SMARTS) is 2. The van der Waals surface area contributed by atoms with Crippen molar-refractivity contribution in [1.82, 2.24) is 4.90 Å². The fourth-order valence-electron chi connectivity index (χ4n) is 1.75. The number of rotatable bonds is 22. The van der Waals surface area contributed by atoms with Gasteiger partial charge in [0.2, 0.25) is 0 Å². The van der Waals surface area contributed by atoms with E-state index in [0.717, 1.165) is 12.2 Å². The number of hydrogen-bond donors (Lipinski definition) is 3. The van der Waals surface area contributed by atoms with Gasteiger partial charge >= 0.3 is 11.9 Å². The molecule has 0 unspecified atom stereocenters. The number of hydrogen-bond acceptors (Lipinski definition) is 11. The monoisotopic (exact) mass is 451 g/mol. The Hall–Kier alpha value is -2.20. The van der Waals surface area contributed by atoms with E-state index in [1.807, 2.05) is 4.90 Å². The molecule has 0 aromatic heterocycles. The quantitative estimate of drug-likeness (QED) is 0.0684. The van der Waals surface area contributed by atoms with Gasteiger partial charge in [-0.25, -0.2) is 43.8 Å². The standard InChI is InChI=1S/C18H29NO12/c20-17(21)5-3-12-27-30-15-8-19(7-14-29-26-11-2-1-10-25-24)9-16-31-28-13-4-6-18(22)23/h1-6,24H,7-16H2,(H,20,21)(H,22,23). The number of nitrogens with zero attached hydrogens (tertiary/aromatic N) is 1. The van der Waals surface area contributed by atoms with Crippen LogP contribution >= 0.6 is 0 Å². The van der Waals surface area contributed by atoms with Crippen molar-refractivity contribution in [3.8, 4) is 0 Å². The fraction of sp³-hybridized carbons (Fsp3) is 0.556. The highest BCUT2D eigenvalue weighted by atomic mass is 17.2. The fourth-order valence-corrected chi connectivity index (χ4v) is 1.75. The van der Waals surface area contributed by atoms with Crippen LogP contribution in [0, 0.1) is 0 Å². The van der Waals surface area contributed by atoms with Gasteiger partial charge in [0.05, 0.1) is 19.8 Å². The first-order valence-electron chi connectivity index (χ1n) is 9.22. The predicted molar refractivity (Wildman–Crippen MR) is 103 cm³/mol. The van der Waals surface area contributed by atoms with Crippen LogP contribution in [-0.4, -0.2) is 98.2 Å². The summed E-state index contributed by atoms with van der Waals surface area (Å²) < 4.78 is 0. The van der Waals surface area contributed by atoms with Crippen LogP contribution in [-0.2, 0) is 43.8 Å². The van der Waals surface area contributed by atoms with E-state index in [4.69, 9.17) is 44.8 Å². The molecule has 0 rings (SSSR count). The highest BCUT2D eigenvalue weighted by Crippen LogP contribution is 1.94.